The fourth-order valence-corrected chi connectivity index (χ4v) is 2.78. The van der Waals surface area contributed by atoms with Gasteiger partial charge in [-0.1, -0.05) is 25.3 Å². The summed E-state index contributed by atoms with van der Waals surface area (Å²) in [5, 5.41) is 2.93. The summed E-state index contributed by atoms with van der Waals surface area (Å²) in [7, 11) is 3.67. The topological polar surface area (TPSA) is 41.6 Å². The van der Waals surface area contributed by atoms with Crippen LogP contribution in [0, 0.1) is 0 Å². The number of rotatable bonds is 5. The molecule has 1 saturated carbocycles. The molecule has 20 heavy (non-hydrogen) atoms. The molecule has 0 bridgehead atoms. The average Bonchev–Trinajstić information content (AvgIpc) is 2.48. The number of nitrogens with one attached hydrogen (secondary N) is 1. The molecule has 2 rings (SSSR count). The highest BCUT2D eigenvalue weighted by Crippen LogP contribution is 2.21. The molecule has 0 spiro atoms. The first-order valence-corrected chi connectivity index (χ1v) is 7.33. The lowest BCUT2D eigenvalue weighted by molar-refractivity contribution is -0.117. The smallest absolute Gasteiger partial charge is 0.238 e. The Kier molecular flexibility index (Phi) is 5.41. The molecular formula is C16H24N2O2. The summed E-state index contributed by atoms with van der Waals surface area (Å²) < 4.78 is 5.15. The molecule has 1 amide bonds. The van der Waals surface area contributed by atoms with Gasteiger partial charge >= 0.3 is 0 Å². The number of likely N-dealkylation sites (N-methyl/N-ethyl adjacent to an activating group) is 1. The van der Waals surface area contributed by atoms with E-state index < -0.39 is 0 Å². The van der Waals surface area contributed by atoms with E-state index in [-0.39, 0.29) is 5.91 Å². The number of hydrogen-bond acceptors (Lipinski definition) is 3. The standard InChI is InChI=1S/C16H24N2O2/c1-18(14-8-4-3-5-9-14)12-16(19)17-13-7-6-10-15(11-13)20-2/h6-7,10-11,14H,3-5,8-9,12H2,1-2H3,(H,17,19). The third-order valence-electron chi connectivity index (χ3n) is 3.94. The van der Waals surface area contributed by atoms with Gasteiger partial charge in [0.2, 0.25) is 5.91 Å². The predicted octanol–water partition coefficient (Wildman–Crippen LogP) is 2.90. The average molecular weight is 276 g/mol. The van der Waals surface area contributed by atoms with Crippen LogP contribution in [0.25, 0.3) is 0 Å². The van der Waals surface area contributed by atoms with Gasteiger partial charge in [-0.25, -0.2) is 0 Å². The van der Waals surface area contributed by atoms with Gasteiger partial charge in [0.15, 0.2) is 0 Å². The molecule has 0 aliphatic heterocycles. The molecule has 0 atom stereocenters. The van der Waals surface area contributed by atoms with Crippen LogP contribution in [0.2, 0.25) is 0 Å². The van der Waals surface area contributed by atoms with Crippen LogP contribution < -0.4 is 10.1 Å². The molecule has 0 aromatic heterocycles. The Morgan fingerprint density at radius 1 is 1.35 bits per heavy atom. The van der Waals surface area contributed by atoms with Crippen LogP contribution in [-0.4, -0.2) is 37.6 Å². The van der Waals surface area contributed by atoms with Crippen LogP contribution >= 0.6 is 0 Å². The zero-order valence-corrected chi connectivity index (χ0v) is 12.4. The Morgan fingerprint density at radius 3 is 2.80 bits per heavy atom. The first kappa shape index (κ1) is 14.9. The lowest BCUT2D eigenvalue weighted by atomic mass is 9.94. The Labute approximate surface area is 121 Å². The van der Waals surface area contributed by atoms with Crippen LogP contribution in [0.3, 0.4) is 0 Å². The number of carbonyl (C=O) groups is 1. The van der Waals surface area contributed by atoms with E-state index in [2.05, 4.69) is 10.2 Å². The summed E-state index contributed by atoms with van der Waals surface area (Å²) in [4.78, 5) is 14.2. The van der Waals surface area contributed by atoms with Gasteiger partial charge in [0.05, 0.1) is 13.7 Å². The molecule has 1 aliphatic rings. The van der Waals surface area contributed by atoms with E-state index in [0.29, 0.717) is 12.6 Å². The summed E-state index contributed by atoms with van der Waals surface area (Å²) in [5.41, 5.74) is 0.784. The Morgan fingerprint density at radius 2 is 2.10 bits per heavy atom. The SMILES string of the molecule is COc1cccc(NC(=O)CN(C)C2CCCCC2)c1. The van der Waals surface area contributed by atoms with Crippen LogP contribution in [0.4, 0.5) is 5.69 Å². The quantitative estimate of drug-likeness (QED) is 0.899. The van der Waals surface area contributed by atoms with Crippen LogP contribution in [0.15, 0.2) is 24.3 Å². The van der Waals surface area contributed by atoms with Crippen molar-refractivity contribution in [1.82, 2.24) is 4.90 Å². The fraction of sp³-hybridized carbons (Fsp3) is 0.562. The van der Waals surface area contributed by atoms with Gasteiger partial charge in [-0.3, -0.25) is 9.69 Å². The minimum absolute atomic E-state index is 0.0336. The Bertz CT molecular complexity index is 442. The molecule has 1 aliphatic carbocycles. The lowest BCUT2D eigenvalue weighted by Gasteiger charge is -2.30. The van der Waals surface area contributed by atoms with Crippen LogP contribution in [-0.2, 0) is 4.79 Å². The van der Waals surface area contributed by atoms with Gasteiger partial charge < -0.3 is 10.1 Å². The third-order valence-corrected chi connectivity index (χ3v) is 3.94. The van der Waals surface area contributed by atoms with E-state index in [1.807, 2.05) is 31.3 Å². The Hall–Kier alpha value is -1.55. The van der Waals surface area contributed by atoms with Gasteiger partial charge in [0, 0.05) is 17.8 Å². The lowest BCUT2D eigenvalue weighted by Crippen LogP contribution is -2.39. The summed E-state index contributed by atoms with van der Waals surface area (Å²) >= 11 is 0. The van der Waals surface area contributed by atoms with E-state index in [0.717, 1.165) is 11.4 Å². The van der Waals surface area contributed by atoms with E-state index in [9.17, 15) is 4.79 Å². The van der Waals surface area contributed by atoms with Crippen molar-refractivity contribution >= 4 is 11.6 Å². The number of carbonyl (C=O) groups excluding carboxylic acids is 1. The zero-order chi connectivity index (χ0) is 14.4. The van der Waals surface area contributed by atoms with Gasteiger partial charge in [-0.15, -0.1) is 0 Å². The molecule has 4 heteroatoms. The zero-order valence-electron chi connectivity index (χ0n) is 12.4. The fourth-order valence-electron chi connectivity index (χ4n) is 2.78. The highest BCUT2D eigenvalue weighted by Gasteiger charge is 2.19. The molecule has 4 nitrogen and oxygen atoms in total. The molecule has 110 valence electrons. The third kappa shape index (κ3) is 4.23. The van der Waals surface area contributed by atoms with E-state index in [4.69, 9.17) is 4.74 Å². The first-order chi connectivity index (χ1) is 9.69. The van der Waals surface area contributed by atoms with Crippen molar-refractivity contribution in [2.24, 2.45) is 0 Å². The molecule has 0 radical (unpaired) electrons. The number of hydrogen-bond donors (Lipinski definition) is 1. The second-order valence-corrected chi connectivity index (χ2v) is 5.49. The largest absolute Gasteiger partial charge is 0.497 e. The van der Waals surface area contributed by atoms with Crippen molar-refractivity contribution < 1.29 is 9.53 Å². The van der Waals surface area contributed by atoms with Crippen molar-refractivity contribution in [2.45, 2.75) is 38.1 Å². The normalized spacial score (nSPS) is 16.1. The molecule has 1 aromatic carbocycles. The van der Waals surface area contributed by atoms with Crippen molar-refractivity contribution in [1.29, 1.82) is 0 Å². The number of nitrogens with zero attached hydrogens (tertiary/aromatic N) is 1. The summed E-state index contributed by atoms with van der Waals surface area (Å²) in [6.45, 7) is 0.446. The number of anilines is 1. The van der Waals surface area contributed by atoms with Crippen molar-refractivity contribution in [3.05, 3.63) is 24.3 Å². The minimum Gasteiger partial charge on any atom is -0.497 e. The number of ether oxygens (including phenoxy) is 1. The maximum Gasteiger partial charge on any atom is 0.238 e. The van der Waals surface area contributed by atoms with Crippen molar-refractivity contribution in [3.8, 4) is 5.75 Å². The molecule has 0 heterocycles. The summed E-state index contributed by atoms with van der Waals surface area (Å²) in [5.74, 6) is 0.787. The van der Waals surface area contributed by atoms with Crippen LogP contribution in [0.1, 0.15) is 32.1 Å². The highest BCUT2D eigenvalue weighted by molar-refractivity contribution is 5.92. The second-order valence-electron chi connectivity index (χ2n) is 5.49. The summed E-state index contributed by atoms with van der Waals surface area (Å²) in [6.07, 6.45) is 6.32. The van der Waals surface area contributed by atoms with Crippen molar-refractivity contribution in [2.75, 3.05) is 26.0 Å². The monoisotopic (exact) mass is 276 g/mol. The van der Waals surface area contributed by atoms with Gasteiger partial charge in [-0.05, 0) is 32.0 Å². The number of amides is 1. The summed E-state index contributed by atoms with van der Waals surface area (Å²) in [6, 6.07) is 8.00. The van der Waals surface area contributed by atoms with E-state index >= 15 is 0 Å². The molecular weight excluding hydrogens is 252 g/mol. The minimum atomic E-state index is 0.0336. The van der Waals surface area contributed by atoms with Crippen LogP contribution in [0.5, 0.6) is 5.75 Å². The maximum atomic E-state index is 12.1. The number of benzene rings is 1. The second kappa shape index (κ2) is 7.29. The molecule has 1 aromatic rings. The first-order valence-electron chi connectivity index (χ1n) is 7.33. The van der Waals surface area contributed by atoms with E-state index in [1.54, 1.807) is 7.11 Å². The van der Waals surface area contributed by atoms with Gasteiger partial charge in [0.25, 0.3) is 0 Å². The molecule has 1 fully saturated rings. The highest BCUT2D eigenvalue weighted by atomic mass is 16.5. The Balaban J connectivity index is 1.84. The van der Waals surface area contributed by atoms with Gasteiger partial charge in [0.1, 0.15) is 5.75 Å². The molecule has 0 unspecified atom stereocenters. The molecule has 1 N–H and O–H groups in total. The maximum absolute atomic E-state index is 12.1. The van der Waals surface area contributed by atoms with Gasteiger partial charge in [-0.2, -0.15) is 0 Å². The number of methoxy groups -OCH3 is 1. The van der Waals surface area contributed by atoms with E-state index in [1.165, 1.54) is 32.1 Å². The molecule has 0 saturated heterocycles. The predicted molar refractivity (Wildman–Crippen MR) is 81.1 cm³/mol. The van der Waals surface area contributed by atoms with Crippen molar-refractivity contribution in [3.63, 3.8) is 0 Å².